The van der Waals surface area contributed by atoms with Gasteiger partial charge in [0.25, 0.3) is 0 Å². The van der Waals surface area contributed by atoms with Crippen molar-refractivity contribution >= 4 is 23.9 Å². The molecule has 0 heterocycles. The molecule has 0 fully saturated rings. The summed E-state index contributed by atoms with van der Waals surface area (Å²) < 4.78 is 4.68. The quantitative estimate of drug-likeness (QED) is 0.350. The molecule has 137 valence electrons. The second kappa shape index (κ2) is 7.28. The Kier molecular flexibility index (Phi) is 4.66. The van der Waals surface area contributed by atoms with Crippen molar-refractivity contribution in [3.8, 4) is 11.1 Å². The molecule has 0 aliphatic heterocycles. The van der Waals surface area contributed by atoms with E-state index in [1.807, 2.05) is 24.3 Å². The molecule has 3 nitrogen and oxygen atoms in total. The molecule has 0 spiro atoms. The number of benzene rings is 3. The minimum Gasteiger partial charge on any atom is -0.466 e. The average molecular weight is 366 g/mol. The van der Waals surface area contributed by atoms with E-state index in [9.17, 15) is 4.79 Å². The highest BCUT2D eigenvalue weighted by Crippen LogP contribution is 2.47. The van der Waals surface area contributed by atoms with E-state index in [1.54, 1.807) is 6.08 Å². The first kappa shape index (κ1) is 17.9. The van der Waals surface area contributed by atoms with Crippen LogP contribution < -0.4 is 0 Å². The highest BCUT2D eigenvalue weighted by molar-refractivity contribution is 5.94. The van der Waals surface area contributed by atoms with Crippen LogP contribution in [0.1, 0.15) is 23.6 Å². The topological polar surface area (TPSA) is 38.7 Å². The number of nitrogens with zero attached hydrogens (tertiary/aromatic N) is 1. The molecule has 0 bridgehead atoms. The molecule has 0 saturated heterocycles. The molecule has 3 heteroatoms. The summed E-state index contributed by atoms with van der Waals surface area (Å²) >= 11 is 0. The van der Waals surface area contributed by atoms with E-state index >= 15 is 0 Å². The van der Waals surface area contributed by atoms with E-state index in [1.165, 1.54) is 35.4 Å². The summed E-state index contributed by atoms with van der Waals surface area (Å²) in [5.74, 6) is -0.395. The number of fused-ring (bicyclic) bond motifs is 3. The van der Waals surface area contributed by atoms with Gasteiger partial charge < -0.3 is 4.74 Å². The average Bonchev–Trinajstić information content (AvgIpc) is 3.01. The predicted octanol–water partition coefficient (Wildman–Crippen LogP) is 5.44. The number of esters is 1. The molecule has 0 aromatic heterocycles. The highest BCUT2D eigenvalue weighted by Gasteiger charge is 2.38. The van der Waals surface area contributed by atoms with Gasteiger partial charge in [0.15, 0.2) is 0 Å². The lowest BCUT2D eigenvalue weighted by Crippen LogP contribution is -2.22. The van der Waals surface area contributed by atoms with Crippen molar-refractivity contribution < 1.29 is 9.53 Å². The first-order chi connectivity index (χ1) is 13.6. The SMILES string of the molecule is COC(=O)/C=C/c1ccccc1N=[C]C1(C)c2ccccc2-c2ccccc21. The van der Waals surface area contributed by atoms with E-state index in [2.05, 4.69) is 66.4 Å². The smallest absolute Gasteiger partial charge is 0.330 e. The van der Waals surface area contributed by atoms with Gasteiger partial charge in [-0.25, -0.2) is 9.79 Å². The Hall–Kier alpha value is -3.46. The van der Waals surface area contributed by atoms with Crippen molar-refractivity contribution in [2.45, 2.75) is 12.3 Å². The number of carbonyl (C=O) groups excluding carboxylic acids is 1. The van der Waals surface area contributed by atoms with Crippen molar-refractivity contribution in [2.75, 3.05) is 7.11 Å². The Balaban J connectivity index is 1.77. The molecule has 0 saturated carbocycles. The van der Waals surface area contributed by atoms with Crippen LogP contribution in [0, 0.1) is 0 Å². The third-order valence-electron chi connectivity index (χ3n) is 5.16. The van der Waals surface area contributed by atoms with Gasteiger partial charge in [0, 0.05) is 11.6 Å². The Bertz CT molecular complexity index is 1050. The number of rotatable bonds is 4. The molecule has 3 aromatic carbocycles. The fourth-order valence-corrected chi connectivity index (χ4v) is 3.70. The zero-order valence-corrected chi connectivity index (χ0v) is 15.8. The van der Waals surface area contributed by atoms with E-state index in [0.717, 1.165) is 11.3 Å². The Morgan fingerprint density at radius 1 is 0.929 bits per heavy atom. The lowest BCUT2D eigenvalue weighted by atomic mass is 9.81. The third kappa shape index (κ3) is 3.05. The number of ether oxygens (including phenoxy) is 1. The lowest BCUT2D eigenvalue weighted by Gasteiger charge is -2.21. The first-order valence-corrected chi connectivity index (χ1v) is 9.16. The van der Waals surface area contributed by atoms with Gasteiger partial charge in [0.1, 0.15) is 0 Å². The van der Waals surface area contributed by atoms with Crippen LogP contribution in [-0.2, 0) is 14.9 Å². The highest BCUT2D eigenvalue weighted by atomic mass is 16.5. The predicted molar refractivity (Wildman–Crippen MR) is 113 cm³/mol. The van der Waals surface area contributed by atoms with Crippen LogP contribution in [0.3, 0.4) is 0 Å². The van der Waals surface area contributed by atoms with Gasteiger partial charge in [0.05, 0.1) is 24.4 Å². The number of para-hydroxylation sites is 1. The van der Waals surface area contributed by atoms with Crippen LogP contribution in [0.5, 0.6) is 0 Å². The van der Waals surface area contributed by atoms with E-state index < -0.39 is 11.4 Å². The Morgan fingerprint density at radius 3 is 2.14 bits per heavy atom. The fourth-order valence-electron chi connectivity index (χ4n) is 3.70. The Labute approximate surface area is 165 Å². The molecule has 28 heavy (non-hydrogen) atoms. The zero-order valence-electron chi connectivity index (χ0n) is 15.8. The standard InChI is InChI=1S/C25H20NO2/c1-25(17-26-23-14-8-3-9-18(23)15-16-24(27)28-2)21-12-6-4-10-19(21)20-11-5-7-13-22(20)25/h3-16H,1-2H3/b16-15+,26-17?. The van der Waals surface area contributed by atoms with Crippen molar-refractivity contribution in [1.29, 1.82) is 0 Å². The van der Waals surface area contributed by atoms with Gasteiger partial charge in [0.2, 0.25) is 0 Å². The first-order valence-electron chi connectivity index (χ1n) is 9.16. The second-order valence-corrected chi connectivity index (χ2v) is 6.86. The molecular formula is C25H20NO2. The summed E-state index contributed by atoms with van der Waals surface area (Å²) in [4.78, 5) is 16.1. The van der Waals surface area contributed by atoms with Gasteiger partial charge in [-0.2, -0.15) is 0 Å². The molecule has 0 N–H and O–H groups in total. The summed E-state index contributed by atoms with van der Waals surface area (Å²) in [5, 5.41) is 0. The molecule has 1 radical (unpaired) electrons. The molecule has 0 atom stereocenters. The molecule has 0 unspecified atom stereocenters. The molecule has 4 rings (SSSR count). The van der Waals surface area contributed by atoms with E-state index in [0.29, 0.717) is 0 Å². The summed E-state index contributed by atoms with van der Waals surface area (Å²) in [5.41, 5.74) is 6.00. The maximum Gasteiger partial charge on any atom is 0.330 e. The van der Waals surface area contributed by atoms with Crippen LogP contribution >= 0.6 is 0 Å². The summed E-state index contributed by atoms with van der Waals surface area (Å²) in [6, 6.07) is 24.5. The minimum atomic E-state index is -0.438. The maximum absolute atomic E-state index is 11.4. The summed E-state index contributed by atoms with van der Waals surface area (Å²) in [6.07, 6.45) is 6.52. The summed E-state index contributed by atoms with van der Waals surface area (Å²) in [6.45, 7) is 2.15. The van der Waals surface area contributed by atoms with Crippen LogP contribution in [0.25, 0.3) is 17.2 Å². The maximum atomic E-state index is 11.4. The number of hydrogen-bond acceptors (Lipinski definition) is 3. The van der Waals surface area contributed by atoms with Crippen molar-refractivity contribution in [2.24, 2.45) is 4.99 Å². The van der Waals surface area contributed by atoms with Crippen molar-refractivity contribution in [3.63, 3.8) is 0 Å². The van der Waals surface area contributed by atoms with Crippen LogP contribution in [0.4, 0.5) is 5.69 Å². The summed E-state index contributed by atoms with van der Waals surface area (Å²) in [7, 11) is 1.36. The van der Waals surface area contributed by atoms with Gasteiger partial charge in [-0.3, -0.25) is 0 Å². The van der Waals surface area contributed by atoms with Crippen LogP contribution in [-0.4, -0.2) is 19.3 Å². The van der Waals surface area contributed by atoms with Gasteiger partial charge in [-0.05, 0) is 41.3 Å². The van der Waals surface area contributed by atoms with Gasteiger partial charge >= 0.3 is 5.97 Å². The van der Waals surface area contributed by atoms with Crippen molar-refractivity contribution in [1.82, 2.24) is 0 Å². The minimum absolute atomic E-state index is 0.395. The molecular weight excluding hydrogens is 346 g/mol. The number of carbonyl (C=O) groups is 1. The number of methoxy groups -OCH3 is 1. The fraction of sp³-hybridized carbons (Fsp3) is 0.120. The second-order valence-electron chi connectivity index (χ2n) is 6.86. The van der Waals surface area contributed by atoms with Gasteiger partial charge in [-0.1, -0.05) is 66.7 Å². The lowest BCUT2D eigenvalue weighted by molar-refractivity contribution is -0.134. The van der Waals surface area contributed by atoms with E-state index in [-0.39, 0.29) is 0 Å². The Morgan fingerprint density at radius 2 is 1.50 bits per heavy atom. The zero-order chi connectivity index (χ0) is 19.6. The number of aliphatic imine (C=N–C) groups is 1. The molecule has 1 aliphatic carbocycles. The monoisotopic (exact) mass is 366 g/mol. The van der Waals surface area contributed by atoms with E-state index in [4.69, 9.17) is 4.99 Å². The molecule has 0 amide bonds. The van der Waals surface area contributed by atoms with Crippen LogP contribution in [0.2, 0.25) is 0 Å². The number of hydrogen-bond donors (Lipinski definition) is 0. The normalized spacial score (nSPS) is 14.2. The van der Waals surface area contributed by atoms with Crippen molar-refractivity contribution in [3.05, 3.63) is 95.6 Å². The molecule has 3 aromatic rings. The largest absolute Gasteiger partial charge is 0.466 e. The van der Waals surface area contributed by atoms with Gasteiger partial charge in [-0.15, -0.1) is 0 Å². The molecule has 1 aliphatic rings. The van der Waals surface area contributed by atoms with Crippen LogP contribution in [0.15, 0.2) is 83.9 Å². The third-order valence-corrected chi connectivity index (χ3v) is 5.16.